The van der Waals surface area contributed by atoms with Gasteiger partial charge in [-0.2, -0.15) is 0 Å². The lowest BCUT2D eigenvalue weighted by Crippen LogP contribution is -2.19. The first-order valence-electron chi connectivity index (χ1n) is 5.24. The van der Waals surface area contributed by atoms with Crippen molar-refractivity contribution in [3.05, 3.63) is 42.0 Å². The first-order chi connectivity index (χ1) is 7.77. The second kappa shape index (κ2) is 4.85. The molecule has 1 N–H and O–H groups in total. The number of hydrogen-bond acceptors (Lipinski definition) is 4. The lowest BCUT2D eigenvalue weighted by Gasteiger charge is -2.13. The Bertz CT molecular complexity index is 437. The van der Waals surface area contributed by atoms with Crippen LogP contribution >= 0.6 is 0 Å². The molecule has 5 heteroatoms. The molecule has 0 unspecified atom stereocenters. The summed E-state index contributed by atoms with van der Waals surface area (Å²) in [5, 5.41) is 11.1. The van der Waals surface area contributed by atoms with Crippen LogP contribution in [0.3, 0.4) is 0 Å². The van der Waals surface area contributed by atoms with Gasteiger partial charge in [-0.25, -0.2) is 0 Å². The van der Waals surface area contributed by atoms with Gasteiger partial charge in [0.25, 0.3) is 0 Å². The van der Waals surface area contributed by atoms with Crippen LogP contribution in [0.25, 0.3) is 0 Å². The van der Waals surface area contributed by atoms with E-state index in [0.717, 1.165) is 12.2 Å². The van der Waals surface area contributed by atoms with E-state index in [1.807, 2.05) is 19.3 Å². The van der Waals surface area contributed by atoms with Crippen LogP contribution in [0.5, 0.6) is 0 Å². The SMILES string of the molecule is C[C@@H](NCc1cnnn1C)c1cccnc1. The van der Waals surface area contributed by atoms with Crippen LogP contribution < -0.4 is 5.32 Å². The monoisotopic (exact) mass is 217 g/mol. The van der Waals surface area contributed by atoms with E-state index in [9.17, 15) is 0 Å². The molecule has 0 saturated carbocycles. The van der Waals surface area contributed by atoms with Crippen LogP contribution in [0.15, 0.2) is 30.7 Å². The Labute approximate surface area is 94.5 Å². The second-order valence-electron chi connectivity index (χ2n) is 3.74. The number of rotatable bonds is 4. The maximum atomic E-state index is 4.10. The van der Waals surface area contributed by atoms with Crippen LogP contribution in [0, 0.1) is 0 Å². The molecule has 0 saturated heterocycles. The van der Waals surface area contributed by atoms with Crippen LogP contribution in [-0.4, -0.2) is 20.0 Å². The predicted molar refractivity (Wildman–Crippen MR) is 60.5 cm³/mol. The summed E-state index contributed by atoms with van der Waals surface area (Å²) in [4.78, 5) is 4.10. The number of pyridine rings is 1. The molecule has 0 aliphatic rings. The van der Waals surface area contributed by atoms with Gasteiger partial charge in [-0.15, -0.1) is 5.10 Å². The summed E-state index contributed by atoms with van der Waals surface area (Å²) in [5.74, 6) is 0. The summed E-state index contributed by atoms with van der Waals surface area (Å²) in [6.45, 7) is 2.86. The number of nitrogens with one attached hydrogen (secondary N) is 1. The molecule has 2 aromatic heterocycles. The van der Waals surface area contributed by atoms with E-state index in [4.69, 9.17) is 0 Å². The van der Waals surface area contributed by atoms with E-state index < -0.39 is 0 Å². The third-order valence-corrected chi connectivity index (χ3v) is 2.58. The minimum absolute atomic E-state index is 0.267. The third-order valence-electron chi connectivity index (χ3n) is 2.58. The quantitative estimate of drug-likeness (QED) is 0.832. The van der Waals surface area contributed by atoms with Crippen LogP contribution in [0.1, 0.15) is 24.2 Å². The summed E-state index contributed by atoms with van der Waals surface area (Å²) in [6, 6.07) is 4.27. The Morgan fingerprint density at radius 2 is 2.31 bits per heavy atom. The largest absolute Gasteiger partial charge is 0.304 e. The minimum atomic E-state index is 0.267. The molecule has 1 atom stereocenters. The van der Waals surface area contributed by atoms with E-state index in [2.05, 4.69) is 33.6 Å². The average molecular weight is 217 g/mol. The summed E-state index contributed by atoms with van der Waals surface area (Å²) in [7, 11) is 1.89. The van der Waals surface area contributed by atoms with Gasteiger partial charge in [0.1, 0.15) is 0 Å². The highest BCUT2D eigenvalue weighted by molar-refractivity contribution is 5.13. The molecule has 0 radical (unpaired) electrons. The van der Waals surface area contributed by atoms with Gasteiger partial charge in [0.15, 0.2) is 0 Å². The van der Waals surface area contributed by atoms with Crippen molar-refractivity contribution in [2.45, 2.75) is 19.5 Å². The fourth-order valence-electron chi connectivity index (χ4n) is 1.48. The van der Waals surface area contributed by atoms with Gasteiger partial charge in [0.2, 0.25) is 0 Å². The van der Waals surface area contributed by atoms with Crippen molar-refractivity contribution in [2.24, 2.45) is 7.05 Å². The number of aromatic nitrogens is 4. The van der Waals surface area contributed by atoms with Gasteiger partial charge >= 0.3 is 0 Å². The molecule has 0 aliphatic carbocycles. The molecule has 0 fully saturated rings. The topological polar surface area (TPSA) is 55.6 Å². The van der Waals surface area contributed by atoms with Gasteiger partial charge in [0, 0.05) is 32.0 Å². The zero-order valence-electron chi connectivity index (χ0n) is 9.46. The van der Waals surface area contributed by atoms with E-state index in [-0.39, 0.29) is 6.04 Å². The van der Waals surface area contributed by atoms with Crippen molar-refractivity contribution in [1.82, 2.24) is 25.3 Å². The molecule has 2 rings (SSSR count). The molecular weight excluding hydrogens is 202 g/mol. The molecule has 0 amide bonds. The van der Waals surface area contributed by atoms with Crippen molar-refractivity contribution in [1.29, 1.82) is 0 Å². The molecule has 5 nitrogen and oxygen atoms in total. The molecule has 0 aromatic carbocycles. The Kier molecular flexibility index (Phi) is 3.26. The van der Waals surface area contributed by atoms with E-state index in [0.29, 0.717) is 0 Å². The molecule has 16 heavy (non-hydrogen) atoms. The molecule has 2 aromatic rings. The van der Waals surface area contributed by atoms with Crippen molar-refractivity contribution in [3.8, 4) is 0 Å². The van der Waals surface area contributed by atoms with Crippen molar-refractivity contribution >= 4 is 0 Å². The van der Waals surface area contributed by atoms with Gasteiger partial charge < -0.3 is 5.32 Å². The van der Waals surface area contributed by atoms with Crippen LogP contribution in [-0.2, 0) is 13.6 Å². The molecule has 0 spiro atoms. The fourth-order valence-corrected chi connectivity index (χ4v) is 1.48. The fraction of sp³-hybridized carbons (Fsp3) is 0.364. The van der Waals surface area contributed by atoms with Gasteiger partial charge in [-0.05, 0) is 18.6 Å². The predicted octanol–water partition coefficient (Wildman–Crippen LogP) is 1.06. The molecule has 2 heterocycles. The third kappa shape index (κ3) is 2.43. The standard InChI is InChI=1S/C11H15N5/c1-9(10-4-3-5-12-6-10)13-7-11-8-14-15-16(11)2/h3-6,8-9,13H,7H2,1-2H3/t9-/m1/s1. The zero-order chi connectivity index (χ0) is 11.4. The molecule has 84 valence electrons. The Balaban J connectivity index is 1.94. The van der Waals surface area contributed by atoms with Crippen LogP contribution in [0.2, 0.25) is 0 Å². The average Bonchev–Trinajstić information content (AvgIpc) is 2.73. The number of aryl methyl sites for hydroxylation is 1. The van der Waals surface area contributed by atoms with Crippen LogP contribution in [0.4, 0.5) is 0 Å². The van der Waals surface area contributed by atoms with Gasteiger partial charge in [-0.3, -0.25) is 9.67 Å². The number of hydrogen-bond donors (Lipinski definition) is 1. The first kappa shape index (κ1) is 10.8. The maximum Gasteiger partial charge on any atom is 0.0738 e. The summed E-state index contributed by atoms with van der Waals surface area (Å²) < 4.78 is 1.77. The van der Waals surface area contributed by atoms with E-state index in [1.165, 1.54) is 5.56 Å². The molecular formula is C11H15N5. The highest BCUT2D eigenvalue weighted by atomic mass is 15.4. The highest BCUT2D eigenvalue weighted by Crippen LogP contribution is 2.10. The summed E-state index contributed by atoms with van der Waals surface area (Å²) >= 11 is 0. The lowest BCUT2D eigenvalue weighted by atomic mass is 10.1. The Morgan fingerprint density at radius 3 is 2.94 bits per heavy atom. The van der Waals surface area contributed by atoms with Gasteiger partial charge in [-0.1, -0.05) is 11.3 Å². The minimum Gasteiger partial charge on any atom is -0.304 e. The van der Waals surface area contributed by atoms with Crippen molar-refractivity contribution in [2.75, 3.05) is 0 Å². The Morgan fingerprint density at radius 1 is 1.44 bits per heavy atom. The number of nitrogens with zero attached hydrogens (tertiary/aromatic N) is 4. The summed E-state index contributed by atoms with van der Waals surface area (Å²) in [5.41, 5.74) is 2.24. The van der Waals surface area contributed by atoms with Crippen molar-refractivity contribution < 1.29 is 0 Å². The lowest BCUT2D eigenvalue weighted by molar-refractivity contribution is 0.545. The Hall–Kier alpha value is -1.75. The normalized spacial score (nSPS) is 12.6. The van der Waals surface area contributed by atoms with Gasteiger partial charge in [0.05, 0.1) is 11.9 Å². The smallest absolute Gasteiger partial charge is 0.0738 e. The molecule has 0 bridgehead atoms. The van der Waals surface area contributed by atoms with Crippen molar-refractivity contribution in [3.63, 3.8) is 0 Å². The highest BCUT2D eigenvalue weighted by Gasteiger charge is 2.06. The first-order valence-corrected chi connectivity index (χ1v) is 5.24. The molecule has 0 aliphatic heterocycles. The second-order valence-corrected chi connectivity index (χ2v) is 3.74. The maximum absolute atomic E-state index is 4.10. The van der Waals surface area contributed by atoms with E-state index >= 15 is 0 Å². The summed E-state index contributed by atoms with van der Waals surface area (Å²) in [6.07, 6.45) is 5.42. The van der Waals surface area contributed by atoms with E-state index in [1.54, 1.807) is 17.1 Å². The zero-order valence-corrected chi connectivity index (χ0v) is 9.46.